The van der Waals surface area contributed by atoms with Crippen molar-refractivity contribution in [2.24, 2.45) is 0 Å². The van der Waals surface area contributed by atoms with Crippen molar-refractivity contribution in [3.8, 4) is 0 Å². The molecule has 99 valence electrons. The molecule has 0 aliphatic heterocycles. The van der Waals surface area contributed by atoms with Crippen molar-refractivity contribution in [1.82, 2.24) is 0 Å². The van der Waals surface area contributed by atoms with Crippen LogP contribution >= 0.6 is 0 Å². The summed E-state index contributed by atoms with van der Waals surface area (Å²) in [6, 6.07) is 2.66. The third kappa shape index (κ3) is 3.65. The Hall–Kier alpha value is 1.30. The topological polar surface area (TPSA) is 0 Å². The van der Waals surface area contributed by atoms with E-state index in [-0.39, 0.29) is 0 Å². The molecule has 0 fully saturated rings. The zero-order valence-electron chi connectivity index (χ0n) is 13.4. The molecule has 0 saturated carbocycles. The van der Waals surface area contributed by atoms with Crippen molar-refractivity contribution in [2.45, 2.75) is 71.0 Å². The maximum absolute atomic E-state index is 3.73. The highest BCUT2D eigenvalue weighted by molar-refractivity contribution is 8.02. The SMILES string of the molecule is C[Si](C)(C)[Si]([Si]CC[Si])([Si](C)(C)C)[Si](C)(C)C. The maximum atomic E-state index is 3.73. The summed E-state index contributed by atoms with van der Waals surface area (Å²) >= 11 is 0. The first-order valence-corrected chi connectivity index (χ1v) is 25.1. The van der Waals surface area contributed by atoms with Gasteiger partial charge in [0.15, 0.2) is 0 Å². The molecular weight excluding hydrogens is 301 g/mol. The van der Waals surface area contributed by atoms with Gasteiger partial charge >= 0.3 is 0 Å². The monoisotopic (exact) mass is 331 g/mol. The van der Waals surface area contributed by atoms with Crippen molar-refractivity contribution in [3.63, 3.8) is 0 Å². The molecule has 0 aromatic rings. The van der Waals surface area contributed by atoms with Crippen LogP contribution in [0, 0.1) is 0 Å². The van der Waals surface area contributed by atoms with Crippen LogP contribution in [0.3, 0.4) is 0 Å². The molecule has 0 amide bonds. The van der Waals surface area contributed by atoms with E-state index in [4.69, 9.17) is 0 Å². The van der Waals surface area contributed by atoms with Crippen LogP contribution in [0.5, 0.6) is 0 Å². The maximum Gasteiger partial charge on any atom is 0.0308 e. The normalized spacial score (nSPS) is 15.2. The van der Waals surface area contributed by atoms with Gasteiger partial charge < -0.3 is 0 Å². The second kappa shape index (κ2) is 5.74. The van der Waals surface area contributed by atoms with Crippen molar-refractivity contribution in [1.29, 1.82) is 0 Å². The number of rotatable bonds is 6. The summed E-state index contributed by atoms with van der Waals surface area (Å²) in [6.07, 6.45) is -1.01. The molecule has 0 saturated heterocycles. The Morgan fingerprint density at radius 2 is 1.00 bits per heavy atom. The first kappa shape index (κ1) is 18.3. The summed E-state index contributed by atoms with van der Waals surface area (Å²) in [7, 11) is 2.07. The van der Waals surface area contributed by atoms with Crippen LogP contribution in [0.15, 0.2) is 0 Å². The summed E-state index contributed by atoms with van der Waals surface area (Å²) in [6.45, 7) is 24.2. The van der Waals surface area contributed by atoms with E-state index in [0.717, 1.165) is 0 Å². The average molecular weight is 332 g/mol. The van der Waals surface area contributed by atoms with Crippen molar-refractivity contribution >= 4 is 48.2 Å². The average Bonchev–Trinajstić information content (AvgIpc) is 1.96. The molecule has 0 spiro atoms. The summed E-state index contributed by atoms with van der Waals surface area (Å²) < 4.78 is 0. The highest BCUT2D eigenvalue weighted by Gasteiger charge is 2.60. The number of hydrogen-bond acceptors (Lipinski definition) is 0. The molecule has 0 aromatic heterocycles. The zero-order valence-corrected chi connectivity index (χ0v) is 19.4. The molecule has 0 rings (SSSR count). The second-order valence-corrected chi connectivity index (χ2v) is 57.1. The molecule has 0 heterocycles. The lowest BCUT2D eigenvalue weighted by Gasteiger charge is -2.57. The highest BCUT2D eigenvalue weighted by atomic mass is 30.2. The standard InChI is InChI=1S/C11H31Si6/c1-14(2,3)17(13-11-10-12,15(4,5)6)16(7,8)9/h10-11H2,1-9H3. The molecule has 0 atom stereocenters. The van der Waals surface area contributed by atoms with Crippen LogP contribution in [-0.4, -0.2) is 48.2 Å². The molecule has 17 heavy (non-hydrogen) atoms. The lowest BCUT2D eigenvalue weighted by molar-refractivity contribution is 1.45. The van der Waals surface area contributed by atoms with Crippen molar-refractivity contribution in [2.75, 3.05) is 0 Å². The van der Waals surface area contributed by atoms with Gasteiger partial charge in [0, 0.05) is 48.2 Å². The first-order chi connectivity index (χ1) is 7.31. The van der Waals surface area contributed by atoms with E-state index in [1.807, 2.05) is 0 Å². The summed E-state index contributed by atoms with van der Waals surface area (Å²) in [5.41, 5.74) is 0. The van der Waals surface area contributed by atoms with E-state index in [1.54, 1.807) is 0 Å². The van der Waals surface area contributed by atoms with Gasteiger partial charge in [-0.25, -0.2) is 0 Å². The van der Waals surface area contributed by atoms with Crippen LogP contribution in [0.1, 0.15) is 0 Å². The van der Waals surface area contributed by atoms with Crippen molar-refractivity contribution < 1.29 is 0 Å². The van der Waals surface area contributed by atoms with E-state index in [0.29, 0.717) is 0 Å². The molecule has 0 aliphatic carbocycles. The molecule has 0 unspecified atom stereocenters. The molecule has 5 radical (unpaired) electrons. The summed E-state index contributed by atoms with van der Waals surface area (Å²) in [4.78, 5) is 0. The first-order valence-electron chi connectivity index (χ1n) is 6.71. The zero-order chi connectivity index (χ0) is 14.1. The Morgan fingerprint density at radius 1 is 0.706 bits per heavy atom. The van der Waals surface area contributed by atoms with E-state index in [1.165, 1.54) is 21.1 Å². The molecule has 0 aliphatic rings. The molecular formula is C11H31Si6. The van der Waals surface area contributed by atoms with Crippen LogP contribution in [0.25, 0.3) is 0 Å². The minimum absolute atomic E-state index is 0.992. The van der Waals surface area contributed by atoms with E-state index >= 15 is 0 Å². The fraction of sp³-hybridized carbons (Fsp3) is 1.00. The van der Waals surface area contributed by atoms with Crippen LogP contribution in [0.2, 0.25) is 71.0 Å². The van der Waals surface area contributed by atoms with Gasteiger partial charge in [0.2, 0.25) is 0 Å². The predicted octanol–water partition coefficient (Wildman–Crippen LogP) is 3.89. The van der Waals surface area contributed by atoms with Crippen molar-refractivity contribution in [3.05, 3.63) is 0 Å². The van der Waals surface area contributed by atoms with Gasteiger partial charge in [0.25, 0.3) is 0 Å². The second-order valence-electron chi connectivity index (χ2n) is 8.18. The van der Waals surface area contributed by atoms with Gasteiger partial charge in [-0.1, -0.05) is 71.0 Å². The quantitative estimate of drug-likeness (QED) is 0.648. The minimum atomic E-state index is -1.01. The van der Waals surface area contributed by atoms with Crippen LogP contribution < -0.4 is 0 Å². The summed E-state index contributed by atoms with van der Waals surface area (Å²) in [5.74, 6) is 0. The van der Waals surface area contributed by atoms with Gasteiger partial charge in [-0.15, -0.1) is 0 Å². The largest absolute Gasteiger partial charge is 0.0721 e. The molecule has 0 aromatic carbocycles. The Bertz CT molecular complexity index is 206. The fourth-order valence-corrected chi connectivity index (χ4v) is 119. The van der Waals surface area contributed by atoms with Crippen LogP contribution in [-0.2, 0) is 0 Å². The highest BCUT2D eigenvalue weighted by Crippen LogP contribution is 2.36. The Morgan fingerprint density at radius 3 is 1.18 bits per heavy atom. The predicted molar refractivity (Wildman–Crippen MR) is 96.9 cm³/mol. The third-order valence-electron chi connectivity index (χ3n) is 3.89. The molecule has 0 nitrogen and oxygen atoms in total. The Kier molecular flexibility index (Phi) is 6.18. The molecule has 0 bridgehead atoms. The Balaban J connectivity index is 5.75. The van der Waals surface area contributed by atoms with E-state index in [2.05, 4.69) is 69.2 Å². The van der Waals surface area contributed by atoms with E-state index < -0.39 is 28.9 Å². The smallest absolute Gasteiger partial charge is 0.0308 e. The molecule has 6 heteroatoms. The van der Waals surface area contributed by atoms with Gasteiger partial charge in [0.05, 0.1) is 0 Å². The van der Waals surface area contributed by atoms with Gasteiger partial charge in [-0.05, 0) is 0 Å². The molecule has 0 N–H and O–H groups in total. The van der Waals surface area contributed by atoms with Gasteiger partial charge in [0.1, 0.15) is 0 Å². The number of hydrogen-bond donors (Lipinski definition) is 0. The lowest BCUT2D eigenvalue weighted by Crippen LogP contribution is -2.86. The van der Waals surface area contributed by atoms with Gasteiger partial charge in [-0.3, -0.25) is 0 Å². The minimum Gasteiger partial charge on any atom is -0.0721 e. The fourth-order valence-electron chi connectivity index (χ4n) is 4.42. The van der Waals surface area contributed by atoms with Crippen LogP contribution in [0.4, 0.5) is 0 Å². The van der Waals surface area contributed by atoms with Gasteiger partial charge in [-0.2, -0.15) is 0 Å². The third-order valence-corrected chi connectivity index (χ3v) is 101. The summed E-state index contributed by atoms with van der Waals surface area (Å²) in [5, 5.41) is 0. The lowest BCUT2D eigenvalue weighted by atomic mass is 11.0. The van der Waals surface area contributed by atoms with E-state index in [9.17, 15) is 0 Å². The Labute approximate surface area is 119 Å².